The molecule has 0 saturated carbocycles. The smallest absolute Gasteiger partial charge is 0.340 e. The van der Waals surface area contributed by atoms with Crippen LogP contribution in [0.4, 0.5) is 0 Å². The summed E-state index contributed by atoms with van der Waals surface area (Å²) in [6.07, 6.45) is 0.262. The molecule has 0 spiro atoms. The summed E-state index contributed by atoms with van der Waals surface area (Å²) in [6, 6.07) is 14.6. The maximum absolute atomic E-state index is 12.1. The monoisotopic (exact) mass is 375 g/mol. The van der Waals surface area contributed by atoms with Gasteiger partial charge in [-0.05, 0) is 17.7 Å². The van der Waals surface area contributed by atoms with Crippen molar-refractivity contribution >= 4 is 29.4 Å². The third-order valence-corrected chi connectivity index (χ3v) is 3.86. The van der Waals surface area contributed by atoms with Gasteiger partial charge in [0.1, 0.15) is 6.04 Å². The summed E-state index contributed by atoms with van der Waals surface area (Å²) in [5.41, 5.74) is 1.02. The number of nitrogens with one attached hydrogen (secondary N) is 1. The molecule has 6 nitrogen and oxygen atoms in total. The molecule has 0 radical (unpaired) electrons. The molecule has 0 aliphatic carbocycles. The summed E-state index contributed by atoms with van der Waals surface area (Å²) < 4.78 is 9.66. The second-order valence-electron chi connectivity index (χ2n) is 5.39. The van der Waals surface area contributed by atoms with Gasteiger partial charge in [0.25, 0.3) is 5.91 Å². The molecule has 0 fully saturated rings. The number of hydrogen-bond acceptors (Lipinski definition) is 5. The van der Waals surface area contributed by atoms with Crippen LogP contribution in [0.3, 0.4) is 0 Å². The number of carbonyl (C=O) groups is 3. The van der Waals surface area contributed by atoms with E-state index in [9.17, 15) is 14.4 Å². The average Bonchev–Trinajstić information content (AvgIpc) is 2.66. The summed E-state index contributed by atoms with van der Waals surface area (Å²) in [6.45, 7) is -0.535. The van der Waals surface area contributed by atoms with E-state index < -0.39 is 30.5 Å². The van der Waals surface area contributed by atoms with Gasteiger partial charge >= 0.3 is 11.9 Å². The van der Waals surface area contributed by atoms with Gasteiger partial charge in [-0.1, -0.05) is 54.1 Å². The number of methoxy groups -OCH3 is 1. The number of amides is 1. The van der Waals surface area contributed by atoms with Gasteiger partial charge in [-0.25, -0.2) is 9.59 Å². The fraction of sp³-hybridized carbons (Fsp3) is 0.211. The molecular weight excluding hydrogens is 358 g/mol. The third kappa shape index (κ3) is 5.60. The van der Waals surface area contributed by atoms with Crippen molar-refractivity contribution in [2.45, 2.75) is 12.5 Å². The Morgan fingerprint density at radius 3 is 2.35 bits per heavy atom. The van der Waals surface area contributed by atoms with Crippen molar-refractivity contribution in [2.75, 3.05) is 13.7 Å². The Hall–Kier alpha value is -2.86. The quantitative estimate of drug-likeness (QED) is 0.751. The Balaban J connectivity index is 1.93. The summed E-state index contributed by atoms with van der Waals surface area (Å²) in [4.78, 5) is 35.9. The minimum Gasteiger partial charge on any atom is -0.467 e. The van der Waals surface area contributed by atoms with Crippen LogP contribution >= 0.6 is 11.6 Å². The van der Waals surface area contributed by atoms with Crippen LogP contribution in [0.1, 0.15) is 15.9 Å². The molecule has 1 amide bonds. The maximum atomic E-state index is 12.1. The van der Waals surface area contributed by atoms with Crippen LogP contribution in [0.2, 0.25) is 5.02 Å². The molecule has 0 heterocycles. The second kappa shape index (κ2) is 9.58. The van der Waals surface area contributed by atoms with E-state index in [0.29, 0.717) is 0 Å². The molecule has 7 heteroatoms. The van der Waals surface area contributed by atoms with Crippen LogP contribution in [0.25, 0.3) is 0 Å². The first kappa shape index (κ1) is 19.5. The largest absolute Gasteiger partial charge is 0.467 e. The topological polar surface area (TPSA) is 81.7 Å². The molecule has 2 aromatic carbocycles. The van der Waals surface area contributed by atoms with Gasteiger partial charge in [-0.3, -0.25) is 4.79 Å². The van der Waals surface area contributed by atoms with Crippen molar-refractivity contribution in [3.8, 4) is 0 Å². The highest BCUT2D eigenvalue weighted by molar-refractivity contribution is 6.33. The normalized spacial score (nSPS) is 11.3. The van der Waals surface area contributed by atoms with E-state index >= 15 is 0 Å². The Bertz CT molecular complexity index is 779. The lowest BCUT2D eigenvalue weighted by molar-refractivity contribution is -0.145. The molecule has 0 bridgehead atoms. The Morgan fingerprint density at radius 1 is 1.04 bits per heavy atom. The molecule has 0 aliphatic rings. The molecule has 1 N–H and O–H groups in total. The first-order chi connectivity index (χ1) is 12.5. The first-order valence-electron chi connectivity index (χ1n) is 7.84. The number of hydrogen-bond donors (Lipinski definition) is 1. The summed E-state index contributed by atoms with van der Waals surface area (Å²) >= 11 is 5.91. The molecule has 136 valence electrons. The molecule has 26 heavy (non-hydrogen) atoms. The zero-order valence-electron chi connectivity index (χ0n) is 14.1. The van der Waals surface area contributed by atoms with Gasteiger partial charge in [-0.2, -0.15) is 0 Å². The van der Waals surface area contributed by atoms with Crippen LogP contribution in [0.5, 0.6) is 0 Å². The molecule has 0 unspecified atom stereocenters. The van der Waals surface area contributed by atoms with E-state index in [0.717, 1.165) is 5.56 Å². The predicted octanol–water partition coefficient (Wildman–Crippen LogP) is 2.40. The number of ether oxygens (including phenoxy) is 2. The molecule has 1 atom stereocenters. The van der Waals surface area contributed by atoms with Crippen LogP contribution in [-0.2, 0) is 25.5 Å². The molecule has 2 rings (SSSR count). The van der Waals surface area contributed by atoms with E-state index in [2.05, 4.69) is 5.32 Å². The summed E-state index contributed by atoms with van der Waals surface area (Å²) in [5.74, 6) is -1.92. The van der Waals surface area contributed by atoms with Crippen molar-refractivity contribution in [2.24, 2.45) is 0 Å². The molecule has 2 aromatic rings. The predicted molar refractivity (Wildman–Crippen MR) is 95.8 cm³/mol. The highest BCUT2D eigenvalue weighted by Crippen LogP contribution is 2.15. The second-order valence-corrected chi connectivity index (χ2v) is 5.80. The minimum atomic E-state index is -0.881. The number of esters is 2. The van der Waals surface area contributed by atoms with E-state index in [-0.39, 0.29) is 17.0 Å². The number of carbonyl (C=O) groups excluding carboxylic acids is 3. The van der Waals surface area contributed by atoms with Crippen molar-refractivity contribution in [3.05, 3.63) is 70.7 Å². The van der Waals surface area contributed by atoms with Crippen LogP contribution in [-0.4, -0.2) is 37.6 Å². The molecule has 0 saturated heterocycles. The first-order valence-corrected chi connectivity index (χ1v) is 8.22. The van der Waals surface area contributed by atoms with Gasteiger partial charge in [0.15, 0.2) is 6.61 Å². The Morgan fingerprint density at radius 2 is 1.69 bits per heavy atom. The van der Waals surface area contributed by atoms with Gasteiger partial charge in [-0.15, -0.1) is 0 Å². The van der Waals surface area contributed by atoms with Crippen LogP contribution < -0.4 is 5.32 Å². The number of rotatable bonds is 7. The van der Waals surface area contributed by atoms with Gasteiger partial charge in [0.2, 0.25) is 0 Å². The third-order valence-electron chi connectivity index (χ3n) is 3.53. The van der Waals surface area contributed by atoms with Gasteiger partial charge < -0.3 is 14.8 Å². The van der Waals surface area contributed by atoms with E-state index in [1.165, 1.54) is 13.2 Å². The summed E-state index contributed by atoms with van der Waals surface area (Å²) in [7, 11) is 1.24. The lowest BCUT2D eigenvalue weighted by atomic mass is 10.1. The molecular formula is C19H18ClNO5. The fourth-order valence-electron chi connectivity index (χ4n) is 2.26. The number of halogens is 1. The maximum Gasteiger partial charge on any atom is 0.340 e. The van der Waals surface area contributed by atoms with Crippen molar-refractivity contribution in [1.29, 1.82) is 0 Å². The Kier molecular flexibility index (Phi) is 7.17. The van der Waals surface area contributed by atoms with Crippen molar-refractivity contribution < 1.29 is 23.9 Å². The number of benzene rings is 2. The lowest BCUT2D eigenvalue weighted by Crippen LogP contribution is -2.44. The SMILES string of the molecule is COC(=O)[C@@H](Cc1ccccc1)NC(=O)COC(=O)c1ccccc1Cl. The molecule has 0 aliphatic heterocycles. The highest BCUT2D eigenvalue weighted by Gasteiger charge is 2.23. The summed E-state index contributed by atoms with van der Waals surface area (Å²) in [5, 5.41) is 2.74. The zero-order valence-corrected chi connectivity index (χ0v) is 14.9. The minimum absolute atomic E-state index is 0.163. The van der Waals surface area contributed by atoms with E-state index in [4.69, 9.17) is 21.1 Å². The Labute approximate surface area is 156 Å². The van der Waals surface area contributed by atoms with Gasteiger partial charge in [0.05, 0.1) is 17.7 Å². The van der Waals surface area contributed by atoms with E-state index in [1.54, 1.807) is 18.2 Å². The van der Waals surface area contributed by atoms with Crippen LogP contribution in [0.15, 0.2) is 54.6 Å². The fourth-order valence-corrected chi connectivity index (χ4v) is 2.47. The van der Waals surface area contributed by atoms with E-state index in [1.807, 2.05) is 30.3 Å². The molecule has 0 aromatic heterocycles. The zero-order chi connectivity index (χ0) is 18.9. The van der Waals surface area contributed by atoms with Gasteiger partial charge in [0, 0.05) is 6.42 Å². The van der Waals surface area contributed by atoms with Crippen molar-refractivity contribution in [3.63, 3.8) is 0 Å². The lowest BCUT2D eigenvalue weighted by Gasteiger charge is -2.16. The van der Waals surface area contributed by atoms with Crippen LogP contribution in [0, 0.1) is 0 Å². The standard InChI is InChI=1S/C19H18ClNO5/c1-25-19(24)16(11-13-7-3-2-4-8-13)21-17(22)12-26-18(23)14-9-5-6-10-15(14)20/h2-10,16H,11-12H2,1H3,(H,21,22)/t16-/m1/s1. The average molecular weight is 376 g/mol. The highest BCUT2D eigenvalue weighted by atomic mass is 35.5. The van der Waals surface area contributed by atoms with Crippen molar-refractivity contribution in [1.82, 2.24) is 5.32 Å².